The Hall–Kier alpha value is -2.14. The van der Waals surface area contributed by atoms with Crippen molar-refractivity contribution >= 4 is 11.9 Å². The normalized spacial score (nSPS) is 11.5. The minimum absolute atomic E-state index is 0.0841. The Kier molecular flexibility index (Phi) is 7.18. The molecule has 0 saturated heterocycles. The molecule has 0 N–H and O–H groups in total. The largest absolute Gasteiger partial charge is 0.460 e. The Morgan fingerprint density at radius 2 is 1.90 bits per heavy atom. The van der Waals surface area contributed by atoms with Gasteiger partial charge in [0.05, 0.1) is 6.10 Å². The van der Waals surface area contributed by atoms with E-state index in [0.29, 0.717) is 17.7 Å². The molecule has 1 aromatic rings. The summed E-state index contributed by atoms with van der Waals surface area (Å²) in [4.78, 5) is 23.0. The van der Waals surface area contributed by atoms with E-state index in [4.69, 9.17) is 14.2 Å². The quantitative estimate of drug-likeness (QED) is 0.418. The monoisotopic (exact) mass is 292 g/mol. The van der Waals surface area contributed by atoms with E-state index >= 15 is 0 Å². The SMILES string of the molecule is C=C(C)C(=O)OCC(CCC(=O)Oc1ccccc1)OC. The van der Waals surface area contributed by atoms with E-state index in [1.807, 2.05) is 6.07 Å². The Morgan fingerprint density at radius 1 is 1.24 bits per heavy atom. The molecule has 0 bridgehead atoms. The second-order valence-electron chi connectivity index (χ2n) is 4.56. The number of esters is 2. The first-order valence-corrected chi connectivity index (χ1v) is 6.64. The van der Waals surface area contributed by atoms with Crippen molar-refractivity contribution in [2.75, 3.05) is 13.7 Å². The van der Waals surface area contributed by atoms with Crippen LogP contribution in [0, 0.1) is 0 Å². The molecule has 0 saturated carbocycles. The molecule has 5 nitrogen and oxygen atoms in total. The second kappa shape index (κ2) is 8.92. The van der Waals surface area contributed by atoms with Crippen LogP contribution in [0.4, 0.5) is 0 Å². The minimum atomic E-state index is -0.469. The maximum atomic E-state index is 11.7. The zero-order valence-corrected chi connectivity index (χ0v) is 12.3. The molecule has 0 aliphatic heterocycles. The fraction of sp³-hybridized carbons (Fsp3) is 0.375. The van der Waals surface area contributed by atoms with Gasteiger partial charge < -0.3 is 14.2 Å². The number of para-hydroxylation sites is 1. The number of rotatable bonds is 8. The lowest BCUT2D eigenvalue weighted by Crippen LogP contribution is -2.23. The van der Waals surface area contributed by atoms with Crippen molar-refractivity contribution in [2.45, 2.75) is 25.9 Å². The number of methoxy groups -OCH3 is 1. The van der Waals surface area contributed by atoms with Crippen molar-refractivity contribution in [3.63, 3.8) is 0 Å². The molecule has 0 fully saturated rings. The average molecular weight is 292 g/mol. The van der Waals surface area contributed by atoms with Crippen molar-refractivity contribution in [1.82, 2.24) is 0 Å². The molecular weight excluding hydrogens is 272 g/mol. The summed E-state index contributed by atoms with van der Waals surface area (Å²) in [7, 11) is 1.50. The van der Waals surface area contributed by atoms with E-state index in [9.17, 15) is 9.59 Å². The van der Waals surface area contributed by atoms with Gasteiger partial charge in [0.1, 0.15) is 12.4 Å². The molecule has 21 heavy (non-hydrogen) atoms. The predicted molar refractivity (Wildman–Crippen MR) is 77.9 cm³/mol. The van der Waals surface area contributed by atoms with Crippen LogP contribution in [-0.4, -0.2) is 31.8 Å². The van der Waals surface area contributed by atoms with Gasteiger partial charge in [0.15, 0.2) is 0 Å². The first-order chi connectivity index (χ1) is 10.0. The minimum Gasteiger partial charge on any atom is -0.460 e. The lowest BCUT2D eigenvalue weighted by molar-refractivity contribution is -0.143. The third-order valence-electron chi connectivity index (χ3n) is 2.73. The van der Waals surface area contributed by atoms with Gasteiger partial charge >= 0.3 is 11.9 Å². The van der Waals surface area contributed by atoms with Gasteiger partial charge in [-0.3, -0.25) is 4.79 Å². The van der Waals surface area contributed by atoms with Crippen LogP contribution in [0.25, 0.3) is 0 Å². The fourth-order valence-corrected chi connectivity index (χ4v) is 1.51. The zero-order valence-electron chi connectivity index (χ0n) is 12.3. The Balaban J connectivity index is 2.32. The number of ether oxygens (including phenoxy) is 3. The van der Waals surface area contributed by atoms with Gasteiger partial charge in [-0.15, -0.1) is 0 Å². The van der Waals surface area contributed by atoms with Gasteiger partial charge in [-0.1, -0.05) is 24.8 Å². The van der Waals surface area contributed by atoms with Gasteiger partial charge in [-0.05, 0) is 25.5 Å². The van der Waals surface area contributed by atoms with Crippen molar-refractivity contribution in [2.24, 2.45) is 0 Å². The highest BCUT2D eigenvalue weighted by Crippen LogP contribution is 2.11. The van der Waals surface area contributed by atoms with Crippen LogP contribution < -0.4 is 4.74 Å². The highest BCUT2D eigenvalue weighted by Gasteiger charge is 2.14. The summed E-state index contributed by atoms with van der Waals surface area (Å²) in [5.74, 6) is -0.316. The van der Waals surface area contributed by atoms with Crippen LogP contribution in [0.3, 0.4) is 0 Å². The number of carbonyl (C=O) groups excluding carboxylic acids is 2. The molecule has 0 aliphatic rings. The third-order valence-corrected chi connectivity index (χ3v) is 2.73. The molecule has 114 valence electrons. The molecular formula is C16H20O5. The number of carbonyl (C=O) groups is 2. The number of benzene rings is 1. The van der Waals surface area contributed by atoms with Crippen LogP contribution in [0.2, 0.25) is 0 Å². The predicted octanol–water partition coefficient (Wildman–Crippen LogP) is 2.51. The first kappa shape index (κ1) is 16.9. The van der Waals surface area contributed by atoms with Crippen molar-refractivity contribution in [3.05, 3.63) is 42.5 Å². The Labute approximate surface area is 124 Å². The van der Waals surface area contributed by atoms with Gasteiger partial charge in [0.25, 0.3) is 0 Å². The summed E-state index contributed by atoms with van der Waals surface area (Å²) in [6, 6.07) is 8.84. The Morgan fingerprint density at radius 3 is 2.48 bits per heavy atom. The molecule has 5 heteroatoms. The lowest BCUT2D eigenvalue weighted by Gasteiger charge is -2.15. The molecule has 0 aliphatic carbocycles. The van der Waals surface area contributed by atoms with Crippen LogP contribution in [0.15, 0.2) is 42.5 Å². The highest BCUT2D eigenvalue weighted by molar-refractivity contribution is 5.86. The standard InChI is InChI=1S/C16H20O5/c1-12(2)16(18)20-11-14(19-3)9-10-15(17)21-13-7-5-4-6-8-13/h4-8,14H,1,9-11H2,2-3H3. The van der Waals surface area contributed by atoms with Gasteiger partial charge in [0.2, 0.25) is 0 Å². The first-order valence-electron chi connectivity index (χ1n) is 6.64. The maximum absolute atomic E-state index is 11.7. The molecule has 1 atom stereocenters. The summed E-state index contributed by atoms with van der Waals surface area (Å²) in [5.41, 5.74) is 0.327. The molecule has 1 unspecified atom stereocenters. The van der Waals surface area contributed by atoms with Crippen LogP contribution in [-0.2, 0) is 19.1 Å². The van der Waals surface area contributed by atoms with Crippen LogP contribution in [0.5, 0.6) is 5.75 Å². The number of hydrogen-bond donors (Lipinski definition) is 0. The van der Waals surface area contributed by atoms with Gasteiger partial charge in [-0.25, -0.2) is 4.79 Å². The molecule has 0 amide bonds. The molecule has 0 radical (unpaired) electrons. The van der Waals surface area contributed by atoms with E-state index in [2.05, 4.69) is 6.58 Å². The van der Waals surface area contributed by atoms with Crippen molar-refractivity contribution in [3.8, 4) is 5.75 Å². The maximum Gasteiger partial charge on any atom is 0.333 e. The summed E-state index contributed by atoms with van der Waals surface area (Å²) in [6.07, 6.45) is 0.237. The van der Waals surface area contributed by atoms with Crippen LogP contribution >= 0.6 is 0 Å². The second-order valence-corrected chi connectivity index (χ2v) is 4.56. The molecule has 0 heterocycles. The van der Waals surface area contributed by atoms with E-state index in [1.54, 1.807) is 31.2 Å². The lowest BCUT2D eigenvalue weighted by atomic mass is 10.2. The zero-order chi connectivity index (χ0) is 15.7. The Bertz CT molecular complexity index is 481. The molecule has 0 aromatic heterocycles. The fourth-order valence-electron chi connectivity index (χ4n) is 1.51. The van der Waals surface area contributed by atoms with E-state index < -0.39 is 5.97 Å². The summed E-state index contributed by atoms with van der Waals surface area (Å²) >= 11 is 0. The van der Waals surface area contributed by atoms with E-state index in [0.717, 1.165) is 0 Å². The average Bonchev–Trinajstić information content (AvgIpc) is 2.48. The van der Waals surface area contributed by atoms with E-state index in [1.165, 1.54) is 7.11 Å². The van der Waals surface area contributed by atoms with Crippen LogP contribution in [0.1, 0.15) is 19.8 Å². The highest BCUT2D eigenvalue weighted by atomic mass is 16.6. The number of hydrogen-bond acceptors (Lipinski definition) is 5. The molecule has 1 aromatic carbocycles. The van der Waals surface area contributed by atoms with Crippen molar-refractivity contribution < 1.29 is 23.8 Å². The third kappa shape index (κ3) is 6.72. The summed E-state index contributed by atoms with van der Waals surface area (Å²) in [6.45, 7) is 5.15. The summed E-state index contributed by atoms with van der Waals surface area (Å²) in [5, 5.41) is 0. The molecule has 0 spiro atoms. The topological polar surface area (TPSA) is 61.8 Å². The summed E-state index contributed by atoms with van der Waals surface area (Å²) < 4.78 is 15.3. The smallest absolute Gasteiger partial charge is 0.333 e. The van der Waals surface area contributed by atoms with E-state index in [-0.39, 0.29) is 25.1 Å². The molecule has 1 rings (SSSR count). The van der Waals surface area contributed by atoms with Crippen molar-refractivity contribution in [1.29, 1.82) is 0 Å². The van der Waals surface area contributed by atoms with Gasteiger partial charge in [-0.2, -0.15) is 0 Å². The van der Waals surface area contributed by atoms with Gasteiger partial charge in [0, 0.05) is 19.1 Å².